The van der Waals surface area contributed by atoms with Crippen molar-refractivity contribution in [3.63, 3.8) is 0 Å². The fraction of sp³-hybridized carbons (Fsp3) is 0.667. The molecule has 0 aromatic rings. The molecule has 0 bridgehead atoms. The van der Waals surface area contributed by atoms with Gasteiger partial charge < -0.3 is 14.3 Å². The van der Waals surface area contributed by atoms with Crippen LogP contribution in [0, 0.1) is 5.92 Å². The number of fused-ring (bicyclic) bond motifs is 1. The van der Waals surface area contributed by atoms with Gasteiger partial charge in [0.25, 0.3) is 0 Å². The van der Waals surface area contributed by atoms with Crippen molar-refractivity contribution in [2.24, 2.45) is 5.92 Å². The van der Waals surface area contributed by atoms with Crippen LogP contribution in [0.4, 0.5) is 0 Å². The topological polar surface area (TPSA) is 76.1 Å². The number of ether oxygens (including phenoxy) is 1. The predicted octanol–water partition coefficient (Wildman–Crippen LogP) is 2.86. The summed E-state index contributed by atoms with van der Waals surface area (Å²) in [6, 6.07) is 0. The molecule has 0 spiro atoms. The lowest BCUT2D eigenvalue weighted by Crippen LogP contribution is -2.62. The van der Waals surface area contributed by atoms with Crippen molar-refractivity contribution < 1.29 is 23.9 Å². The van der Waals surface area contributed by atoms with Gasteiger partial charge in [0.1, 0.15) is 17.7 Å². The van der Waals surface area contributed by atoms with Crippen molar-refractivity contribution in [3.05, 3.63) is 23.3 Å². The molecular weight excluding hydrogens is 370 g/mol. The van der Waals surface area contributed by atoms with E-state index in [9.17, 15) is 14.7 Å². The van der Waals surface area contributed by atoms with Crippen LogP contribution in [-0.2, 0) is 18.8 Å². The van der Waals surface area contributed by atoms with Gasteiger partial charge in [-0.05, 0) is 25.1 Å². The Kier molecular flexibility index (Phi) is 6.12. The summed E-state index contributed by atoms with van der Waals surface area (Å²) < 4.78 is 11.5. The minimum Gasteiger partial charge on any atom is -0.457 e. The molecule has 6 nitrogen and oxygen atoms in total. The summed E-state index contributed by atoms with van der Waals surface area (Å²) in [5.41, 5.74) is 0.158. The Labute approximate surface area is 160 Å². The lowest BCUT2D eigenvalue weighted by atomic mass is 9.92. The number of nitrogens with zero attached hydrogens (tertiary/aromatic N) is 1. The van der Waals surface area contributed by atoms with Crippen molar-refractivity contribution in [1.82, 2.24) is 4.90 Å². The second-order valence-corrected chi connectivity index (χ2v) is 14.1. The van der Waals surface area contributed by atoms with E-state index in [0.29, 0.717) is 4.91 Å². The van der Waals surface area contributed by atoms with Crippen LogP contribution in [0.15, 0.2) is 23.3 Å². The highest BCUT2D eigenvalue weighted by Gasteiger charge is 2.59. The first-order chi connectivity index (χ1) is 12.0. The zero-order valence-electron chi connectivity index (χ0n) is 16.4. The van der Waals surface area contributed by atoms with Crippen molar-refractivity contribution in [2.75, 3.05) is 13.2 Å². The van der Waals surface area contributed by atoms with Gasteiger partial charge in [0.05, 0.1) is 18.6 Å². The van der Waals surface area contributed by atoms with Gasteiger partial charge in [-0.15, -0.1) is 0 Å². The first-order valence-corrected chi connectivity index (χ1v) is 12.5. The van der Waals surface area contributed by atoms with Gasteiger partial charge in [-0.2, -0.15) is 0 Å². The summed E-state index contributed by atoms with van der Waals surface area (Å²) in [7, 11) is -2.01. The molecule has 2 aliphatic heterocycles. The van der Waals surface area contributed by atoms with Gasteiger partial charge in [-0.3, -0.25) is 9.69 Å². The number of carbonyl (C=O) groups excluding carboxylic acids is 2. The number of amides is 1. The van der Waals surface area contributed by atoms with E-state index in [-0.39, 0.29) is 47.3 Å². The molecule has 0 saturated carbocycles. The largest absolute Gasteiger partial charge is 0.457 e. The third-order valence-corrected chi connectivity index (χ3v) is 11.2. The maximum Gasteiger partial charge on any atom is 0.356 e. The molecule has 3 atom stereocenters. The lowest BCUT2D eigenvalue weighted by Gasteiger charge is -2.48. The number of aliphatic hydroxyl groups is 1. The molecular formula is C18H29NO5SSi. The van der Waals surface area contributed by atoms with Crippen molar-refractivity contribution in [3.8, 4) is 0 Å². The molecule has 0 aromatic heterocycles. The molecule has 0 radical (unpaired) electrons. The summed E-state index contributed by atoms with van der Waals surface area (Å²) in [5.74, 6) is -1.09. The molecule has 1 unspecified atom stereocenters. The van der Waals surface area contributed by atoms with E-state index in [1.165, 1.54) is 22.7 Å². The summed E-state index contributed by atoms with van der Waals surface area (Å²) in [5, 5.41) is 9.43. The average Bonchev–Trinajstić information content (AvgIpc) is 2.85. The minimum atomic E-state index is -2.01. The van der Waals surface area contributed by atoms with Gasteiger partial charge in [0.2, 0.25) is 5.91 Å². The number of esters is 1. The molecule has 0 aromatic carbocycles. The highest BCUT2D eigenvalue weighted by Crippen LogP contribution is 2.51. The van der Waals surface area contributed by atoms with Gasteiger partial charge in [0.15, 0.2) is 8.32 Å². The third kappa shape index (κ3) is 3.65. The standard InChI is InChI=1S/C18H29NO5SSi/c1-8-9-23-17(22)14-12(10-20)25-16-13(15(21)19(14)16)11(2)24-26(6,7)18(3,4)5/h8,11,13,16,20H,1,9-10H2,2-7H3/t11-,13+,16?/m1/s1. The van der Waals surface area contributed by atoms with Crippen LogP contribution in [-0.4, -0.2) is 54.9 Å². The summed E-state index contributed by atoms with van der Waals surface area (Å²) >= 11 is 1.35. The second-order valence-electron chi connectivity index (χ2n) is 8.14. The quantitative estimate of drug-likeness (QED) is 0.307. The monoisotopic (exact) mass is 399 g/mol. The van der Waals surface area contributed by atoms with E-state index in [1.807, 2.05) is 6.92 Å². The van der Waals surface area contributed by atoms with Gasteiger partial charge in [-0.1, -0.05) is 45.2 Å². The van der Waals surface area contributed by atoms with Crippen molar-refractivity contribution in [2.45, 2.75) is 57.3 Å². The number of β-lactam (4-membered cyclic amide) rings is 1. The zero-order chi connectivity index (χ0) is 19.9. The number of carbonyl (C=O) groups is 2. The first-order valence-electron chi connectivity index (χ1n) is 8.76. The smallest absolute Gasteiger partial charge is 0.356 e. The average molecular weight is 400 g/mol. The minimum absolute atomic E-state index is 0.0464. The highest BCUT2D eigenvalue weighted by molar-refractivity contribution is 8.04. The van der Waals surface area contributed by atoms with Crippen LogP contribution in [0.5, 0.6) is 0 Å². The fourth-order valence-corrected chi connectivity index (χ4v) is 5.75. The number of rotatable bonds is 7. The normalized spacial score (nSPS) is 24.3. The number of aliphatic hydroxyl groups excluding tert-OH is 1. The summed E-state index contributed by atoms with van der Waals surface area (Å²) in [4.78, 5) is 27.0. The summed E-state index contributed by atoms with van der Waals surface area (Å²) in [6.07, 6.45) is 1.22. The van der Waals surface area contributed by atoms with E-state index in [4.69, 9.17) is 9.16 Å². The highest BCUT2D eigenvalue weighted by atomic mass is 32.2. The van der Waals surface area contributed by atoms with Gasteiger partial charge >= 0.3 is 5.97 Å². The molecule has 1 fully saturated rings. The molecule has 2 heterocycles. The molecule has 1 amide bonds. The third-order valence-electron chi connectivity index (χ3n) is 5.31. The van der Waals surface area contributed by atoms with Crippen LogP contribution in [0.25, 0.3) is 0 Å². The molecule has 146 valence electrons. The van der Waals surface area contributed by atoms with Gasteiger partial charge in [-0.25, -0.2) is 4.79 Å². The fourth-order valence-electron chi connectivity index (χ4n) is 2.86. The molecule has 1 N–H and O–H groups in total. The van der Waals surface area contributed by atoms with Gasteiger partial charge in [0, 0.05) is 4.91 Å². The first kappa shape index (κ1) is 21.2. The van der Waals surface area contributed by atoms with E-state index < -0.39 is 14.3 Å². The maximum atomic E-state index is 12.8. The van der Waals surface area contributed by atoms with Crippen molar-refractivity contribution in [1.29, 1.82) is 0 Å². The molecule has 2 aliphatic rings. The van der Waals surface area contributed by atoms with E-state index in [2.05, 4.69) is 40.4 Å². The Morgan fingerprint density at radius 3 is 2.58 bits per heavy atom. The van der Waals surface area contributed by atoms with Crippen molar-refractivity contribution >= 4 is 32.0 Å². The lowest BCUT2D eigenvalue weighted by molar-refractivity contribution is -0.157. The molecule has 26 heavy (non-hydrogen) atoms. The SMILES string of the molecule is C=CCOC(=O)C1=C(CO)SC2[C@@H]([C@@H](C)O[Si](C)(C)C(C)(C)C)C(=O)N12. The molecule has 8 heteroatoms. The van der Waals surface area contributed by atoms with Crippen LogP contribution in [0.3, 0.4) is 0 Å². The number of hydrogen-bond acceptors (Lipinski definition) is 6. The van der Waals surface area contributed by atoms with Crippen LogP contribution < -0.4 is 0 Å². The zero-order valence-corrected chi connectivity index (χ0v) is 18.2. The van der Waals surface area contributed by atoms with E-state index in [1.54, 1.807) is 0 Å². The Bertz CT molecular complexity index is 640. The Morgan fingerprint density at radius 1 is 1.46 bits per heavy atom. The maximum absolute atomic E-state index is 12.8. The van der Waals surface area contributed by atoms with Crippen LogP contribution in [0.1, 0.15) is 27.7 Å². The number of hydrogen-bond donors (Lipinski definition) is 1. The van der Waals surface area contributed by atoms with Crippen LogP contribution in [0.2, 0.25) is 18.1 Å². The number of thioether (sulfide) groups is 1. The Balaban J connectivity index is 2.14. The second kappa shape index (κ2) is 7.50. The molecule has 2 rings (SSSR count). The van der Waals surface area contributed by atoms with E-state index in [0.717, 1.165) is 0 Å². The summed E-state index contributed by atoms with van der Waals surface area (Å²) in [6.45, 7) is 16.0. The molecule has 1 saturated heterocycles. The van der Waals surface area contributed by atoms with E-state index >= 15 is 0 Å². The Morgan fingerprint density at radius 2 is 2.08 bits per heavy atom. The molecule has 0 aliphatic carbocycles. The Hall–Kier alpha value is -1.09. The predicted molar refractivity (Wildman–Crippen MR) is 105 cm³/mol. The van der Waals surface area contributed by atoms with Crippen LogP contribution >= 0.6 is 11.8 Å².